The molecule has 1 aliphatic carbocycles. The molecule has 1 aromatic carbocycles. The second-order valence-electron chi connectivity index (χ2n) is 9.56. The van der Waals surface area contributed by atoms with E-state index >= 15 is 0 Å². The van der Waals surface area contributed by atoms with Gasteiger partial charge in [-0.3, -0.25) is 9.59 Å². The second kappa shape index (κ2) is 10.6. The highest BCUT2D eigenvalue weighted by molar-refractivity contribution is 6.01. The van der Waals surface area contributed by atoms with Crippen molar-refractivity contribution in [1.29, 1.82) is 0 Å². The van der Waals surface area contributed by atoms with Crippen molar-refractivity contribution < 1.29 is 40.8 Å². The molecule has 1 fully saturated rings. The van der Waals surface area contributed by atoms with Crippen molar-refractivity contribution in [3.63, 3.8) is 0 Å². The molecule has 0 saturated heterocycles. The van der Waals surface area contributed by atoms with Crippen LogP contribution in [-0.4, -0.2) is 28.9 Å². The smallest absolute Gasteiger partial charge is 0.417 e. The van der Waals surface area contributed by atoms with Gasteiger partial charge in [0.1, 0.15) is 17.9 Å². The fourth-order valence-corrected chi connectivity index (χ4v) is 4.81. The number of nitrogens with zero attached hydrogens (tertiary/aromatic N) is 2. The maximum Gasteiger partial charge on any atom is 0.417 e. The number of aryl methyl sites for hydroxylation is 1. The van der Waals surface area contributed by atoms with Gasteiger partial charge in [-0.2, -0.15) is 17.9 Å². The van der Waals surface area contributed by atoms with Crippen LogP contribution in [-0.2, 0) is 11.0 Å². The van der Waals surface area contributed by atoms with E-state index in [2.05, 4.69) is 15.8 Å². The van der Waals surface area contributed by atoms with Gasteiger partial charge in [0.15, 0.2) is 11.9 Å². The van der Waals surface area contributed by atoms with E-state index < -0.39 is 47.9 Å². The lowest BCUT2D eigenvalue weighted by Crippen LogP contribution is -2.50. The van der Waals surface area contributed by atoms with Crippen molar-refractivity contribution >= 4 is 17.5 Å². The quantitative estimate of drug-likeness (QED) is 0.249. The van der Waals surface area contributed by atoms with E-state index in [4.69, 9.17) is 4.52 Å². The third kappa shape index (κ3) is 6.18. The molecule has 4 rings (SSSR count). The summed E-state index contributed by atoms with van der Waals surface area (Å²) in [4.78, 5) is 26.0. The van der Waals surface area contributed by atoms with Crippen molar-refractivity contribution in [2.75, 3.05) is 5.32 Å². The number of amides is 2. The molecule has 2 aromatic heterocycles. The number of anilines is 1. The molecule has 8 nitrogen and oxygen atoms in total. The van der Waals surface area contributed by atoms with Gasteiger partial charge < -0.3 is 20.4 Å². The van der Waals surface area contributed by atoms with Gasteiger partial charge in [-0.05, 0) is 43.4 Å². The molecule has 2 unspecified atom stereocenters. The van der Waals surface area contributed by atoms with Crippen molar-refractivity contribution in [3.8, 4) is 11.1 Å². The van der Waals surface area contributed by atoms with Crippen LogP contribution in [0.5, 0.6) is 0 Å². The topological polar surface area (TPSA) is 111 Å². The van der Waals surface area contributed by atoms with E-state index in [0.717, 1.165) is 12.5 Å². The first-order valence-corrected chi connectivity index (χ1v) is 12.1. The zero-order chi connectivity index (χ0) is 28.5. The van der Waals surface area contributed by atoms with Crippen LogP contribution in [0, 0.1) is 25.0 Å². The van der Waals surface area contributed by atoms with Gasteiger partial charge >= 0.3 is 6.18 Å². The minimum atomic E-state index is -4.71. The molecule has 208 valence electrons. The number of hydrogen-bond acceptors (Lipinski definition) is 5. The molecule has 0 bridgehead atoms. The highest BCUT2D eigenvalue weighted by Crippen LogP contribution is 2.39. The average Bonchev–Trinajstić information content (AvgIpc) is 3.29. The standard InChI is InChI=1S/C26H25F5N4O4/c1-14-19(13-39-34-14)23(36)33-22(17-4-3-10-25(27,28)12-17)24(37)32-18-7-5-16(6-8-18)21-15(2)35(38)11-9-20(21)26(29,30)31/h5-9,11,13,17,22H,3-4,10,12H2,1-2H3,(H,32,37)(H,33,36). The van der Waals surface area contributed by atoms with E-state index in [-0.39, 0.29) is 53.0 Å². The lowest BCUT2D eigenvalue weighted by atomic mass is 9.81. The summed E-state index contributed by atoms with van der Waals surface area (Å²) in [5, 5.41) is 20.6. The summed E-state index contributed by atoms with van der Waals surface area (Å²) in [7, 11) is 0. The Balaban J connectivity index is 1.59. The molecule has 2 heterocycles. The molecule has 39 heavy (non-hydrogen) atoms. The Morgan fingerprint density at radius 3 is 2.46 bits per heavy atom. The molecule has 2 amide bonds. The number of benzene rings is 1. The molecule has 3 aromatic rings. The molecule has 0 spiro atoms. The van der Waals surface area contributed by atoms with Crippen LogP contribution in [0.15, 0.2) is 47.3 Å². The molecular formula is C26H25F5N4O4. The van der Waals surface area contributed by atoms with Crippen molar-refractivity contribution in [2.45, 2.75) is 57.7 Å². The first-order chi connectivity index (χ1) is 18.3. The Kier molecular flexibility index (Phi) is 7.62. The fraction of sp³-hybridized carbons (Fsp3) is 0.385. The van der Waals surface area contributed by atoms with Crippen LogP contribution in [0.25, 0.3) is 11.1 Å². The number of rotatable bonds is 6. The monoisotopic (exact) mass is 552 g/mol. The number of aromatic nitrogens is 2. The number of hydrogen-bond donors (Lipinski definition) is 2. The van der Waals surface area contributed by atoms with Gasteiger partial charge in [0.2, 0.25) is 11.8 Å². The number of carbonyl (C=O) groups excluding carboxylic acids is 2. The Bertz CT molecular complexity index is 1370. The van der Waals surface area contributed by atoms with Crippen LogP contribution in [0.1, 0.15) is 53.0 Å². The summed E-state index contributed by atoms with van der Waals surface area (Å²) in [5.74, 6) is -5.35. The van der Waals surface area contributed by atoms with Gasteiger partial charge in [0, 0.05) is 31.5 Å². The van der Waals surface area contributed by atoms with Gasteiger partial charge in [0.25, 0.3) is 5.91 Å². The van der Waals surface area contributed by atoms with E-state index in [1.807, 2.05) is 0 Å². The van der Waals surface area contributed by atoms with Crippen LogP contribution >= 0.6 is 0 Å². The van der Waals surface area contributed by atoms with Gasteiger partial charge in [-0.15, -0.1) is 0 Å². The maximum absolute atomic E-state index is 14.2. The predicted octanol–water partition coefficient (Wildman–Crippen LogP) is 5.17. The van der Waals surface area contributed by atoms with E-state index in [1.54, 1.807) is 0 Å². The summed E-state index contributed by atoms with van der Waals surface area (Å²) in [6.07, 6.45) is -3.33. The predicted molar refractivity (Wildman–Crippen MR) is 129 cm³/mol. The van der Waals surface area contributed by atoms with Crippen molar-refractivity contribution in [1.82, 2.24) is 10.5 Å². The zero-order valence-electron chi connectivity index (χ0n) is 20.9. The largest absolute Gasteiger partial charge is 0.618 e. The van der Waals surface area contributed by atoms with Crippen molar-refractivity contribution in [2.24, 2.45) is 5.92 Å². The number of halogens is 5. The van der Waals surface area contributed by atoms with Crippen molar-refractivity contribution in [3.05, 3.63) is 70.5 Å². The summed E-state index contributed by atoms with van der Waals surface area (Å²) in [5.41, 5.74) is -0.914. The van der Waals surface area contributed by atoms with Crippen LogP contribution in [0.2, 0.25) is 0 Å². The van der Waals surface area contributed by atoms with E-state index in [9.17, 15) is 36.7 Å². The lowest BCUT2D eigenvalue weighted by Gasteiger charge is -2.34. The van der Waals surface area contributed by atoms with Gasteiger partial charge in [0.05, 0.1) is 16.8 Å². The molecule has 1 aliphatic rings. The van der Waals surface area contributed by atoms with Gasteiger partial charge in [-0.25, -0.2) is 8.78 Å². The number of carbonyl (C=O) groups is 2. The maximum atomic E-state index is 14.2. The molecule has 2 N–H and O–H groups in total. The fourth-order valence-electron chi connectivity index (χ4n) is 4.81. The molecule has 1 saturated carbocycles. The Labute approximate surface area is 219 Å². The highest BCUT2D eigenvalue weighted by Gasteiger charge is 2.42. The number of alkyl halides is 5. The first-order valence-electron chi connectivity index (χ1n) is 12.1. The number of nitrogens with one attached hydrogen (secondary N) is 2. The first kappa shape index (κ1) is 28.0. The number of pyridine rings is 1. The average molecular weight is 553 g/mol. The summed E-state index contributed by atoms with van der Waals surface area (Å²) in [6, 6.07) is 4.62. The summed E-state index contributed by atoms with van der Waals surface area (Å²) >= 11 is 0. The Morgan fingerprint density at radius 2 is 1.87 bits per heavy atom. The van der Waals surface area contributed by atoms with Crippen LogP contribution in [0.4, 0.5) is 27.6 Å². The third-order valence-electron chi connectivity index (χ3n) is 6.80. The highest BCUT2D eigenvalue weighted by atomic mass is 19.4. The lowest BCUT2D eigenvalue weighted by molar-refractivity contribution is -0.611. The third-order valence-corrected chi connectivity index (χ3v) is 6.80. The summed E-state index contributed by atoms with van der Waals surface area (Å²) in [6.45, 7) is 2.77. The summed E-state index contributed by atoms with van der Waals surface area (Å²) < 4.78 is 74.2. The zero-order valence-corrected chi connectivity index (χ0v) is 20.9. The van der Waals surface area contributed by atoms with E-state index in [1.165, 1.54) is 38.1 Å². The minimum absolute atomic E-state index is 0.0500. The Hall–Kier alpha value is -4.03. The Morgan fingerprint density at radius 1 is 1.18 bits per heavy atom. The normalized spacial score (nSPS) is 17.9. The van der Waals surface area contributed by atoms with Gasteiger partial charge in [-0.1, -0.05) is 17.3 Å². The molecule has 13 heteroatoms. The minimum Gasteiger partial charge on any atom is -0.618 e. The molecule has 0 radical (unpaired) electrons. The van der Waals surface area contributed by atoms with Crippen LogP contribution < -0.4 is 15.4 Å². The molecule has 0 aliphatic heterocycles. The SMILES string of the molecule is Cc1nocc1C(=O)NC(C(=O)Nc1ccc(-c2c(C(F)(F)F)cc[n+]([O-])c2C)cc1)C1CCCC(F)(F)C1. The second-order valence-corrected chi connectivity index (χ2v) is 9.56. The van der Waals surface area contributed by atoms with E-state index in [0.29, 0.717) is 10.8 Å². The molecular weight excluding hydrogens is 527 g/mol. The molecule has 2 atom stereocenters. The van der Waals surface area contributed by atoms with Crippen LogP contribution in [0.3, 0.4) is 0 Å².